The quantitative estimate of drug-likeness (QED) is 0.0459. The fourth-order valence-corrected chi connectivity index (χ4v) is 10.9. The Balaban J connectivity index is 0.00000105. The molecular formula is C68H68BCl3IKLiNaO8P2. The maximum atomic E-state index is 12.2. The molecule has 4 N–H and O–H groups in total. The Morgan fingerprint density at radius 3 is 1.17 bits per heavy atom. The molecule has 18 heteroatoms. The van der Waals surface area contributed by atoms with E-state index < -0.39 is 26.7 Å². The monoisotopic (exact) mass is 1390 g/mol. The minimum absolute atomic E-state index is 0. The van der Waals surface area contributed by atoms with Gasteiger partial charge in [-0.1, -0.05) is 168 Å². The molecule has 0 aliphatic heterocycles. The van der Waals surface area contributed by atoms with Crippen LogP contribution in [0.15, 0.2) is 170 Å². The summed E-state index contributed by atoms with van der Waals surface area (Å²) in [4.78, 5) is 24.4. The van der Waals surface area contributed by atoms with E-state index in [4.69, 9.17) is 54.0 Å². The largest absolute Gasteiger partial charge is 1.00 e. The molecule has 2 atom stereocenters. The molecule has 0 heterocycles. The van der Waals surface area contributed by atoms with Gasteiger partial charge >= 0.3 is 124 Å². The fourth-order valence-electron chi connectivity index (χ4n) is 10.3. The molecule has 8 nitrogen and oxygen atoms in total. The third-order valence-electron chi connectivity index (χ3n) is 14.1. The Morgan fingerprint density at radius 1 is 0.453 bits per heavy atom. The van der Waals surface area contributed by atoms with Crippen LogP contribution in [0.25, 0.3) is 43.1 Å². The minimum Gasteiger partial charge on any atom is -1.00 e. The number of hydrogen-bond acceptors (Lipinski definition) is 8. The zero-order valence-corrected chi connectivity index (χ0v) is 62.8. The minimum atomic E-state index is -1.17. The summed E-state index contributed by atoms with van der Waals surface area (Å²) >= 11 is 18.0. The number of rotatable bonds is 0. The van der Waals surface area contributed by atoms with Crippen LogP contribution in [0.2, 0.25) is 21.9 Å². The van der Waals surface area contributed by atoms with Gasteiger partial charge in [0.2, 0.25) is 0 Å². The van der Waals surface area contributed by atoms with E-state index in [0.29, 0.717) is 43.4 Å². The predicted octanol–water partition coefficient (Wildman–Crippen LogP) is 6.25. The summed E-state index contributed by atoms with van der Waals surface area (Å²) in [6, 6.07) is 54.4. The van der Waals surface area contributed by atoms with Crippen molar-refractivity contribution in [2.45, 2.75) is 87.3 Å². The van der Waals surface area contributed by atoms with Gasteiger partial charge < -0.3 is 61.5 Å². The Labute approximate surface area is 621 Å². The number of aryl methyl sites for hydroxylation is 5. The third-order valence-corrected chi connectivity index (χ3v) is 14.8. The molecule has 0 amide bonds. The second kappa shape index (κ2) is 36.7. The molecule has 2 aliphatic rings. The van der Waals surface area contributed by atoms with Crippen molar-refractivity contribution in [3.63, 3.8) is 0 Å². The fraction of sp³-hybridized carbons (Fsp3) is 0.191. The summed E-state index contributed by atoms with van der Waals surface area (Å²) in [5.41, 5.74) is 9.01. The number of benzene rings is 10. The summed E-state index contributed by atoms with van der Waals surface area (Å²) in [5.74, 6) is 1.16. The summed E-state index contributed by atoms with van der Waals surface area (Å²) < 4.78 is 16.7. The Bertz CT molecular complexity index is 3900. The number of halogens is 4. The van der Waals surface area contributed by atoms with Gasteiger partial charge in [-0.15, -0.1) is 0 Å². The molecule has 432 valence electrons. The van der Waals surface area contributed by atoms with Crippen LogP contribution in [0.5, 0.6) is 0 Å². The van der Waals surface area contributed by atoms with Crippen molar-refractivity contribution >= 4 is 115 Å². The van der Waals surface area contributed by atoms with Crippen molar-refractivity contribution < 1.29 is 164 Å². The van der Waals surface area contributed by atoms with Crippen LogP contribution in [-0.4, -0.2) is 38.9 Å². The molecule has 0 saturated heterocycles. The van der Waals surface area contributed by atoms with E-state index in [1.54, 1.807) is 74.5 Å². The van der Waals surface area contributed by atoms with E-state index in [0.717, 1.165) is 16.1 Å². The zero-order valence-electron chi connectivity index (χ0n) is 52.2. The van der Waals surface area contributed by atoms with Crippen molar-refractivity contribution in [3.8, 4) is 0 Å². The van der Waals surface area contributed by atoms with Gasteiger partial charge in [-0.2, -0.15) is 20.8 Å². The maximum absolute atomic E-state index is 12.2. The van der Waals surface area contributed by atoms with Crippen molar-refractivity contribution in [1.82, 2.24) is 0 Å². The van der Waals surface area contributed by atoms with Gasteiger partial charge in [0.1, 0.15) is 11.2 Å². The average molecular weight is 1390 g/mol. The topological polar surface area (TPSA) is 149 Å². The first-order valence-corrected chi connectivity index (χ1v) is 28.0. The molecule has 0 aromatic heterocycles. The van der Waals surface area contributed by atoms with Crippen LogP contribution < -0.4 is 124 Å². The molecule has 0 radical (unpaired) electrons. The van der Waals surface area contributed by atoms with Crippen molar-refractivity contribution in [3.05, 3.63) is 263 Å². The van der Waals surface area contributed by atoms with Gasteiger partial charge in [0.25, 0.3) is 0 Å². The summed E-state index contributed by atoms with van der Waals surface area (Å²) in [6.07, 6.45) is 0. The molecular weight excluding hydrogens is 1320 g/mol. The molecule has 0 spiro atoms. The average Bonchev–Trinajstić information content (AvgIpc) is 0.875. The summed E-state index contributed by atoms with van der Waals surface area (Å²) in [5, 5.41) is 49.5. The number of carbonyl (C=O) groups excluding carboxylic acids is 2. The second-order valence-corrected chi connectivity index (χ2v) is 22.3. The number of aliphatic hydroxyl groups is 2. The van der Waals surface area contributed by atoms with Crippen LogP contribution in [0, 0.1) is 40.5 Å². The first kappa shape index (κ1) is 81.8. The SMILES string of the molecule is CB(O)O.CC1(O)c2ccccc2C(C)(O)c2cc(Cl)ccc21.C[C-](C)C.Cc1c2ccccc2c(C)c2cc(Cl)ccc12.Cc1ccc2c(C)c3ccccc3c(C)c2c1.O=C1c2ccccc2C(=O)c2cc(Cl)ccc21.O=[P+]=O.[H-].[I-].[K+].[Li+].[Na+].[PH2-]. The summed E-state index contributed by atoms with van der Waals surface area (Å²) in [6.45, 7) is 22.0. The van der Waals surface area contributed by atoms with E-state index in [1.165, 1.54) is 83.6 Å². The smallest absolute Gasteiger partial charge is 1.00 e. The number of carbonyl (C=O) groups is 2. The predicted molar refractivity (Wildman–Crippen MR) is 347 cm³/mol. The molecule has 10 aromatic rings. The van der Waals surface area contributed by atoms with Gasteiger partial charge in [0.05, 0.1) is 0 Å². The molecule has 10 aromatic carbocycles. The van der Waals surface area contributed by atoms with Crippen LogP contribution >= 0.6 is 53.0 Å². The van der Waals surface area contributed by atoms with Crippen LogP contribution in [-0.2, 0) is 20.3 Å². The zero-order chi connectivity index (χ0) is 59.7. The molecule has 86 heavy (non-hydrogen) atoms. The summed E-state index contributed by atoms with van der Waals surface area (Å²) in [7, 11) is -2.25. The second-order valence-electron chi connectivity index (χ2n) is 20.8. The molecule has 2 aliphatic carbocycles. The third kappa shape index (κ3) is 19.4. The molecule has 2 unspecified atom stereocenters. The Morgan fingerprint density at radius 2 is 0.733 bits per heavy atom. The van der Waals surface area contributed by atoms with Gasteiger partial charge in [-0.05, 0) is 185 Å². The van der Waals surface area contributed by atoms with Crippen LogP contribution in [0.3, 0.4) is 0 Å². The molecule has 0 bridgehead atoms. The van der Waals surface area contributed by atoms with E-state index in [2.05, 4.69) is 134 Å². The molecule has 0 saturated carbocycles. The van der Waals surface area contributed by atoms with Gasteiger partial charge in [0, 0.05) is 37.3 Å². The Hall–Kier alpha value is -2.22. The van der Waals surface area contributed by atoms with E-state index in [9.17, 15) is 19.8 Å². The molecule has 0 fully saturated rings. The van der Waals surface area contributed by atoms with Gasteiger partial charge in [0.15, 0.2) is 11.6 Å². The van der Waals surface area contributed by atoms with Gasteiger partial charge in [-0.3, -0.25) is 9.59 Å². The van der Waals surface area contributed by atoms with Gasteiger partial charge in [-0.25, -0.2) is 0 Å². The first-order valence-electron chi connectivity index (χ1n) is 26.1. The van der Waals surface area contributed by atoms with E-state index in [1.807, 2.05) is 30.3 Å². The molecule has 12 rings (SSSR count). The van der Waals surface area contributed by atoms with Crippen LogP contribution in [0.1, 0.15) is 118 Å². The normalized spacial score (nSPS) is 14.2. The standard InChI is InChI=1S/C17H16.C16H15ClO2.C16H13Cl.C14H7ClO2.C4H9.CH5BO2.HI.K.Li.Na.O2P.H2P.H/c1-11-8-9-16-12(2)14-6-4-5-7-15(14)13(3)17(16)10-11;1-15(18)11-5-3-4-6-12(11)16(2,19)14-9-10(17)7-8-13(14)15;1-10-13-5-3-4-6-14(13)11(2)16-9-12(17)7-8-15(10)16;15-8-5-6-11-12(7-8)14(17)10-4-2-1-3-9(10)13(11)16;1-4(2)3;1-2(3)4;;;;;1-3-2;;/h4-10H,1-3H3;3-9,18-19H,1-2H3;3-9H,1-2H3;1-7H;1-3H3;3-4H,1H3;1H;;;;;1H2;/q;;;;-1;;;4*+1;2*-1/p-1. The van der Waals surface area contributed by atoms with Crippen molar-refractivity contribution in [1.29, 1.82) is 0 Å². The maximum Gasteiger partial charge on any atom is 1.00 e. The van der Waals surface area contributed by atoms with Crippen molar-refractivity contribution in [2.24, 2.45) is 0 Å². The number of fused-ring (bicyclic) bond motifs is 8. The van der Waals surface area contributed by atoms with Crippen molar-refractivity contribution in [2.75, 3.05) is 0 Å². The van der Waals surface area contributed by atoms with E-state index >= 15 is 0 Å². The van der Waals surface area contributed by atoms with E-state index in [-0.39, 0.29) is 147 Å². The Kier molecular flexibility index (Phi) is 34.9. The number of ketones is 2. The first-order chi connectivity index (χ1) is 38.3. The number of hydrogen-bond donors (Lipinski definition) is 4. The van der Waals surface area contributed by atoms with Crippen LogP contribution in [0.4, 0.5) is 0 Å².